The number of unbranched alkanes of at least 4 members (excludes halogenated alkanes) is 1. The Morgan fingerprint density at radius 2 is 1.26 bits per heavy atom. The van der Waals surface area contributed by atoms with Crippen molar-refractivity contribution < 1.29 is 55.0 Å². The molecule has 1 unspecified atom stereocenters. The topological polar surface area (TPSA) is 123 Å². The van der Waals surface area contributed by atoms with Crippen LogP contribution in [0.2, 0.25) is 0 Å². The first kappa shape index (κ1) is 33.9. The Bertz CT molecular complexity index is 1300. The fourth-order valence-corrected chi connectivity index (χ4v) is 3.62. The Balaban J connectivity index is 2.39. The number of carbonyl (C=O) groups excluding carboxylic acids is 4. The predicted octanol–water partition coefficient (Wildman–Crippen LogP) is 5.86. The summed E-state index contributed by atoms with van der Waals surface area (Å²) in [5, 5.41) is 5.16. The third-order valence-corrected chi connectivity index (χ3v) is 5.94. The van der Waals surface area contributed by atoms with Gasteiger partial charge in [0.05, 0.1) is 24.8 Å². The maximum atomic E-state index is 13.2. The molecule has 0 radical (unpaired) electrons. The van der Waals surface area contributed by atoms with Crippen molar-refractivity contribution in [3.05, 3.63) is 47.5 Å². The predicted molar refractivity (Wildman–Crippen MR) is 139 cm³/mol. The average Bonchev–Trinajstić information content (AvgIpc) is 2.92. The summed E-state index contributed by atoms with van der Waals surface area (Å²) in [5.74, 6) is -7.12. The zero-order valence-corrected chi connectivity index (χ0v) is 22.8. The highest BCUT2D eigenvalue weighted by Gasteiger charge is 2.39. The number of hydrogen-bond donors (Lipinski definition) is 3. The van der Waals surface area contributed by atoms with Gasteiger partial charge in [-0.15, -0.1) is 0 Å². The van der Waals surface area contributed by atoms with Crippen molar-refractivity contribution in [1.29, 1.82) is 0 Å². The minimum Gasteiger partial charge on any atom is -0.496 e. The molecule has 0 aliphatic heterocycles. The van der Waals surface area contributed by atoms with Gasteiger partial charge in [0.2, 0.25) is 0 Å². The van der Waals surface area contributed by atoms with Gasteiger partial charge in [0.25, 0.3) is 11.8 Å². The average molecular weight is 606 g/mol. The van der Waals surface area contributed by atoms with E-state index in [1.807, 2.05) is 19.2 Å². The highest BCUT2D eigenvalue weighted by molar-refractivity contribution is 6.13. The molecule has 4 amide bonds. The van der Waals surface area contributed by atoms with Crippen LogP contribution in [0, 0.1) is 5.92 Å². The molecule has 0 heterocycles. The van der Waals surface area contributed by atoms with E-state index in [0.29, 0.717) is 0 Å². The van der Waals surface area contributed by atoms with Crippen LogP contribution in [0.1, 0.15) is 60.2 Å². The lowest BCUT2D eigenvalue weighted by molar-refractivity contribution is -0.167. The third-order valence-electron chi connectivity index (χ3n) is 5.94. The monoisotopic (exact) mass is 605 g/mol. The summed E-state index contributed by atoms with van der Waals surface area (Å²) in [7, 11) is 1.14. The van der Waals surface area contributed by atoms with Gasteiger partial charge in [0.15, 0.2) is 0 Å². The number of alkyl halides is 6. The minimum atomic E-state index is -5.22. The summed E-state index contributed by atoms with van der Waals surface area (Å²) in [6.45, 7) is 4.09. The fourth-order valence-electron chi connectivity index (χ4n) is 3.62. The lowest BCUT2D eigenvalue weighted by Gasteiger charge is -2.18. The van der Waals surface area contributed by atoms with Crippen LogP contribution in [0.4, 0.5) is 37.7 Å². The Kier molecular flexibility index (Phi) is 11.7. The molecule has 1 atom stereocenters. The number of benzene rings is 2. The van der Waals surface area contributed by atoms with Crippen LogP contribution in [-0.2, 0) is 9.59 Å². The van der Waals surface area contributed by atoms with Crippen LogP contribution in [0.3, 0.4) is 0 Å². The van der Waals surface area contributed by atoms with Gasteiger partial charge in [-0.2, -0.15) is 26.3 Å². The Morgan fingerprint density at radius 1 is 0.786 bits per heavy atom. The molecule has 0 fully saturated rings. The standard InChI is InChI=1S/C27H29F6N3O6/c1-4-6-7-15(5-2)14-42-21-11-9-17(35-25(40)27(31,32)33)13-19(21)23(38)36-22(37)18-12-16(8-10-20(18)41-3)34-24(39)26(28,29)30/h8-13,15H,4-7,14H2,1-3H3,(H,34,39)(H,35,40)(H,36,37,38). The molecule has 0 aliphatic rings. The van der Waals surface area contributed by atoms with Crippen LogP contribution < -0.4 is 25.4 Å². The molecule has 2 aromatic carbocycles. The van der Waals surface area contributed by atoms with E-state index in [9.17, 15) is 45.5 Å². The van der Waals surface area contributed by atoms with Crippen LogP contribution in [-0.4, -0.2) is 49.7 Å². The zero-order valence-electron chi connectivity index (χ0n) is 22.8. The van der Waals surface area contributed by atoms with Crippen molar-refractivity contribution in [2.24, 2.45) is 5.92 Å². The second kappa shape index (κ2) is 14.5. The van der Waals surface area contributed by atoms with Crippen LogP contribution in [0.5, 0.6) is 11.5 Å². The van der Waals surface area contributed by atoms with Crippen LogP contribution in [0.25, 0.3) is 0 Å². The van der Waals surface area contributed by atoms with Gasteiger partial charge in [-0.1, -0.05) is 33.1 Å². The van der Waals surface area contributed by atoms with Gasteiger partial charge >= 0.3 is 24.2 Å². The number of rotatable bonds is 12. The van der Waals surface area contributed by atoms with Gasteiger partial charge in [-0.05, 0) is 48.7 Å². The van der Waals surface area contributed by atoms with Gasteiger partial charge in [-0.25, -0.2) is 0 Å². The molecular formula is C27H29F6N3O6. The molecule has 0 aromatic heterocycles. The highest BCUT2D eigenvalue weighted by Crippen LogP contribution is 2.28. The van der Waals surface area contributed by atoms with E-state index < -0.39 is 58.5 Å². The largest absolute Gasteiger partial charge is 0.496 e. The van der Waals surface area contributed by atoms with E-state index in [1.165, 1.54) is 0 Å². The fraction of sp³-hybridized carbons (Fsp3) is 0.407. The number of carbonyl (C=O) groups is 4. The van der Waals surface area contributed by atoms with Crippen molar-refractivity contribution in [3.8, 4) is 11.5 Å². The summed E-state index contributed by atoms with van der Waals surface area (Å²) in [4.78, 5) is 48.8. The second-order valence-electron chi connectivity index (χ2n) is 9.04. The summed E-state index contributed by atoms with van der Waals surface area (Å²) < 4.78 is 87.1. The molecule has 2 aromatic rings. The van der Waals surface area contributed by atoms with Gasteiger partial charge in [0, 0.05) is 11.4 Å². The van der Waals surface area contributed by atoms with E-state index in [2.05, 4.69) is 0 Å². The summed E-state index contributed by atoms with van der Waals surface area (Å²) >= 11 is 0. The smallest absolute Gasteiger partial charge is 0.471 e. The normalized spacial score (nSPS) is 12.2. The molecule has 0 spiro atoms. The number of nitrogens with one attached hydrogen (secondary N) is 3. The molecule has 230 valence electrons. The molecule has 0 saturated carbocycles. The van der Waals surface area contributed by atoms with Gasteiger partial charge in [0.1, 0.15) is 11.5 Å². The Morgan fingerprint density at radius 3 is 1.69 bits per heavy atom. The lowest BCUT2D eigenvalue weighted by atomic mass is 10.0. The number of halogens is 6. The molecular weight excluding hydrogens is 576 g/mol. The van der Waals surface area contributed by atoms with Gasteiger partial charge < -0.3 is 20.1 Å². The van der Waals surface area contributed by atoms with Crippen LogP contribution in [0.15, 0.2) is 36.4 Å². The summed E-state index contributed by atoms with van der Waals surface area (Å²) in [6.07, 6.45) is -7.03. The van der Waals surface area contributed by atoms with E-state index in [0.717, 1.165) is 69.2 Å². The van der Waals surface area contributed by atoms with Gasteiger partial charge in [-0.3, -0.25) is 24.5 Å². The van der Waals surface area contributed by atoms with E-state index in [4.69, 9.17) is 9.47 Å². The minimum absolute atomic E-state index is 0.0889. The molecule has 3 N–H and O–H groups in total. The number of imide groups is 1. The quantitative estimate of drug-likeness (QED) is 0.206. The number of amides is 4. The molecule has 15 heteroatoms. The number of ether oxygens (including phenoxy) is 2. The first-order chi connectivity index (χ1) is 19.6. The molecule has 0 saturated heterocycles. The first-order valence-electron chi connectivity index (χ1n) is 12.7. The molecule has 0 bridgehead atoms. The van der Waals surface area contributed by atoms with Crippen molar-refractivity contribution in [2.75, 3.05) is 24.4 Å². The van der Waals surface area contributed by atoms with Crippen LogP contribution >= 0.6 is 0 Å². The van der Waals surface area contributed by atoms with Crippen molar-refractivity contribution in [1.82, 2.24) is 5.32 Å². The van der Waals surface area contributed by atoms with Crippen molar-refractivity contribution in [3.63, 3.8) is 0 Å². The number of methoxy groups -OCH3 is 1. The zero-order chi connectivity index (χ0) is 31.7. The number of hydrogen-bond acceptors (Lipinski definition) is 6. The maximum absolute atomic E-state index is 13.2. The van der Waals surface area contributed by atoms with Crippen molar-refractivity contribution >= 4 is 35.0 Å². The summed E-state index contributed by atoms with van der Waals surface area (Å²) in [6, 6.07) is 6.07. The molecule has 0 aliphatic carbocycles. The van der Waals surface area contributed by atoms with E-state index in [1.54, 1.807) is 10.6 Å². The third kappa shape index (κ3) is 9.66. The molecule has 2 rings (SSSR count). The van der Waals surface area contributed by atoms with E-state index >= 15 is 0 Å². The Hall–Kier alpha value is -4.30. The highest BCUT2D eigenvalue weighted by atomic mass is 19.4. The molecule has 9 nitrogen and oxygen atoms in total. The number of anilines is 2. The maximum Gasteiger partial charge on any atom is 0.471 e. The molecule has 42 heavy (non-hydrogen) atoms. The first-order valence-corrected chi connectivity index (χ1v) is 12.7. The summed E-state index contributed by atoms with van der Waals surface area (Å²) in [5.41, 5.74) is -1.71. The van der Waals surface area contributed by atoms with E-state index in [-0.39, 0.29) is 24.0 Å². The van der Waals surface area contributed by atoms with Crippen molar-refractivity contribution in [2.45, 2.75) is 51.9 Å². The SMILES string of the molecule is CCCCC(CC)COc1ccc(NC(=O)C(F)(F)F)cc1C(=O)NC(=O)c1cc(NC(=O)C(F)(F)F)ccc1OC. The Labute approximate surface area is 236 Å². The lowest BCUT2D eigenvalue weighted by Crippen LogP contribution is -2.32. The second-order valence-corrected chi connectivity index (χ2v) is 9.04.